The third-order valence-corrected chi connectivity index (χ3v) is 4.38. The van der Waals surface area contributed by atoms with E-state index >= 15 is 0 Å². The van der Waals surface area contributed by atoms with E-state index in [0.29, 0.717) is 16.8 Å². The Balaban J connectivity index is 1.81. The average molecular weight is 395 g/mol. The highest BCUT2D eigenvalue weighted by atomic mass is 19.1. The van der Waals surface area contributed by atoms with E-state index in [9.17, 15) is 23.6 Å². The molecule has 0 aliphatic heterocycles. The summed E-state index contributed by atoms with van der Waals surface area (Å²) in [5, 5.41) is 2.60. The van der Waals surface area contributed by atoms with Crippen LogP contribution < -0.4 is 16.4 Å². The molecule has 148 valence electrons. The van der Waals surface area contributed by atoms with E-state index in [0.717, 1.165) is 15.2 Å². The first-order valence-corrected chi connectivity index (χ1v) is 8.76. The lowest BCUT2D eigenvalue weighted by Gasteiger charge is -2.11. The van der Waals surface area contributed by atoms with Gasteiger partial charge in [0.1, 0.15) is 12.4 Å². The minimum Gasteiger partial charge on any atom is -0.325 e. The number of rotatable bonds is 5. The second-order valence-electron chi connectivity index (χ2n) is 6.52. The summed E-state index contributed by atoms with van der Waals surface area (Å²) >= 11 is 0. The average Bonchev–Trinajstić information content (AvgIpc) is 2.68. The predicted octanol–water partition coefficient (Wildman–Crippen LogP) is 2.29. The number of nitrogens with zero attached hydrogens (tertiary/aromatic N) is 2. The number of hydrogen-bond donors (Lipinski definition) is 1. The van der Waals surface area contributed by atoms with Crippen LogP contribution in [0.1, 0.15) is 22.8 Å². The lowest BCUT2D eigenvalue weighted by atomic mass is 10.1. The lowest BCUT2D eigenvalue weighted by Crippen LogP contribution is -2.41. The molecule has 7 nitrogen and oxygen atoms in total. The molecule has 29 heavy (non-hydrogen) atoms. The Labute approximate surface area is 165 Å². The van der Waals surface area contributed by atoms with Crippen molar-refractivity contribution in [2.75, 3.05) is 5.32 Å². The van der Waals surface area contributed by atoms with Crippen molar-refractivity contribution in [1.29, 1.82) is 0 Å². The first-order chi connectivity index (χ1) is 13.8. The molecular formula is C21H18FN3O4. The van der Waals surface area contributed by atoms with Gasteiger partial charge in [-0.2, -0.15) is 0 Å². The fourth-order valence-corrected chi connectivity index (χ4v) is 2.81. The second-order valence-corrected chi connectivity index (χ2v) is 6.52. The molecule has 0 bridgehead atoms. The molecule has 1 aromatic heterocycles. The zero-order valence-electron chi connectivity index (χ0n) is 15.8. The first kappa shape index (κ1) is 19.9. The highest BCUT2D eigenvalue weighted by Crippen LogP contribution is 2.13. The summed E-state index contributed by atoms with van der Waals surface area (Å²) in [5.41, 5.74) is 0.0527. The van der Waals surface area contributed by atoms with E-state index in [1.807, 2.05) is 0 Å². The van der Waals surface area contributed by atoms with Gasteiger partial charge < -0.3 is 5.32 Å². The van der Waals surface area contributed by atoms with Crippen molar-refractivity contribution in [3.8, 4) is 5.69 Å². The monoisotopic (exact) mass is 395 g/mol. The third kappa shape index (κ3) is 4.37. The molecule has 0 atom stereocenters. The van der Waals surface area contributed by atoms with E-state index in [2.05, 4.69) is 5.32 Å². The molecule has 8 heteroatoms. The number of aryl methyl sites for hydroxylation is 1. The molecule has 0 aliphatic rings. The number of benzene rings is 2. The van der Waals surface area contributed by atoms with Crippen molar-refractivity contribution < 1.29 is 14.0 Å². The van der Waals surface area contributed by atoms with Crippen LogP contribution in [0.5, 0.6) is 0 Å². The smallest absolute Gasteiger partial charge is 0.320 e. The Morgan fingerprint density at radius 2 is 1.69 bits per heavy atom. The quantitative estimate of drug-likeness (QED) is 0.530. The van der Waals surface area contributed by atoms with Crippen LogP contribution in [0.3, 0.4) is 0 Å². The molecule has 0 spiro atoms. The molecule has 0 radical (unpaired) electrons. The second kappa shape index (κ2) is 8.05. The molecule has 1 N–H and O–H groups in total. The van der Waals surface area contributed by atoms with Crippen molar-refractivity contribution in [2.45, 2.75) is 20.4 Å². The molecule has 0 unspecified atom stereocenters. The van der Waals surface area contributed by atoms with Crippen LogP contribution in [-0.2, 0) is 11.3 Å². The van der Waals surface area contributed by atoms with Gasteiger partial charge >= 0.3 is 11.1 Å². The van der Waals surface area contributed by atoms with E-state index in [1.165, 1.54) is 31.5 Å². The summed E-state index contributed by atoms with van der Waals surface area (Å²) in [5.74, 6) is -1.14. The van der Waals surface area contributed by atoms with Crippen molar-refractivity contribution in [1.82, 2.24) is 9.13 Å². The van der Waals surface area contributed by atoms with Crippen LogP contribution in [0.25, 0.3) is 5.69 Å². The Bertz CT molecular complexity index is 1210. The molecule has 0 saturated carbocycles. The Morgan fingerprint density at radius 3 is 2.34 bits per heavy atom. The predicted molar refractivity (Wildman–Crippen MR) is 106 cm³/mol. The minimum atomic E-state index is -0.904. The van der Waals surface area contributed by atoms with E-state index in [4.69, 9.17) is 0 Å². The van der Waals surface area contributed by atoms with Gasteiger partial charge in [-0.1, -0.05) is 6.07 Å². The summed E-state index contributed by atoms with van der Waals surface area (Å²) in [6, 6.07) is 10.2. The molecule has 2 aromatic carbocycles. The van der Waals surface area contributed by atoms with E-state index < -0.39 is 22.8 Å². The zero-order valence-corrected chi connectivity index (χ0v) is 15.8. The first-order valence-electron chi connectivity index (χ1n) is 8.76. The molecule has 0 saturated heterocycles. The molecule has 1 heterocycles. The van der Waals surface area contributed by atoms with E-state index in [-0.39, 0.29) is 18.0 Å². The standard InChI is InChI=1S/C21H18FN3O4/c1-13-3-6-16(22)11-18(13)25-10-9-24(20(28)21(25)29)12-19(27)23-17-7-4-15(5-8-17)14(2)26/h3-11H,12H2,1-2H3,(H,23,27). The van der Waals surface area contributed by atoms with Crippen LogP contribution >= 0.6 is 0 Å². The van der Waals surface area contributed by atoms with Gasteiger partial charge in [0.15, 0.2) is 5.78 Å². The molecule has 1 amide bonds. The van der Waals surface area contributed by atoms with Crippen molar-refractivity contribution in [2.24, 2.45) is 0 Å². The molecular weight excluding hydrogens is 377 g/mol. The summed E-state index contributed by atoms with van der Waals surface area (Å²) in [6.07, 6.45) is 2.62. The fourth-order valence-electron chi connectivity index (χ4n) is 2.81. The van der Waals surface area contributed by atoms with Crippen LogP contribution in [0, 0.1) is 12.7 Å². The number of hydrogen-bond acceptors (Lipinski definition) is 4. The summed E-state index contributed by atoms with van der Waals surface area (Å²) in [4.78, 5) is 48.3. The fraction of sp³-hybridized carbons (Fsp3) is 0.143. The molecule has 3 rings (SSSR count). The minimum absolute atomic E-state index is 0.0940. The van der Waals surface area contributed by atoms with Gasteiger partial charge in [-0.3, -0.25) is 28.3 Å². The Hall–Kier alpha value is -3.81. The van der Waals surface area contributed by atoms with Gasteiger partial charge in [-0.05, 0) is 55.8 Å². The van der Waals surface area contributed by atoms with Gasteiger partial charge in [0, 0.05) is 23.6 Å². The summed E-state index contributed by atoms with van der Waals surface area (Å²) < 4.78 is 15.6. The maximum Gasteiger partial charge on any atom is 0.320 e. The van der Waals surface area contributed by atoms with Crippen LogP contribution in [0.4, 0.5) is 10.1 Å². The number of nitrogens with one attached hydrogen (secondary N) is 1. The molecule has 3 aromatic rings. The Kier molecular flexibility index (Phi) is 5.54. The number of Topliss-reactive ketones (excluding diaryl/α,β-unsaturated/α-hetero) is 1. The number of amides is 1. The van der Waals surface area contributed by atoms with Crippen molar-refractivity contribution in [3.63, 3.8) is 0 Å². The van der Waals surface area contributed by atoms with E-state index in [1.54, 1.807) is 31.2 Å². The highest BCUT2D eigenvalue weighted by molar-refractivity contribution is 5.95. The van der Waals surface area contributed by atoms with Gasteiger partial charge in [0.25, 0.3) is 0 Å². The number of ketones is 1. The maximum atomic E-state index is 13.5. The van der Waals surface area contributed by atoms with Crippen molar-refractivity contribution in [3.05, 3.63) is 92.5 Å². The topological polar surface area (TPSA) is 90.2 Å². The number of halogens is 1. The van der Waals surface area contributed by atoms with Gasteiger partial charge in [0.2, 0.25) is 5.91 Å². The molecule has 0 aliphatic carbocycles. The van der Waals surface area contributed by atoms with Gasteiger partial charge in [0.05, 0.1) is 5.69 Å². The number of anilines is 1. The van der Waals surface area contributed by atoms with Gasteiger partial charge in [-0.25, -0.2) is 4.39 Å². The third-order valence-electron chi connectivity index (χ3n) is 4.38. The SMILES string of the molecule is CC(=O)c1ccc(NC(=O)Cn2ccn(-c3cc(F)ccc3C)c(=O)c2=O)cc1. The van der Waals surface area contributed by atoms with Crippen LogP contribution in [-0.4, -0.2) is 20.8 Å². The maximum absolute atomic E-state index is 13.5. The number of carbonyl (C=O) groups is 2. The zero-order chi connectivity index (χ0) is 21.1. The van der Waals surface area contributed by atoms with Crippen LogP contribution in [0.2, 0.25) is 0 Å². The lowest BCUT2D eigenvalue weighted by molar-refractivity contribution is -0.116. The summed E-state index contributed by atoms with van der Waals surface area (Å²) in [6.45, 7) is 2.76. The van der Waals surface area contributed by atoms with Crippen molar-refractivity contribution >= 4 is 17.4 Å². The normalized spacial score (nSPS) is 10.6. The van der Waals surface area contributed by atoms with Crippen LogP contribution in [0.15, 0.2) is 64.4 Å². The summed E-state index contributed by atoms with van der Waals surface area (Å²) in [7, 11) is 0. The molecule has 0 fully saturated rings. The number of aromatic nitrogens is 2. The Morgan fingerprint density at radius 1 is 1.00 bits per heavy atom. The number of carbonyl (C=O) groups excluding carboxylic acids is 2. The highest BCUT2D eigenvalue weighted by Gasteiger charge is 2.12. The largest absolute Gasteiger partial charge is 0.325 e. The van der Waals surface area contributed by atoms with Gasteiger partial charge in [-0.15, -0.1) is 0 Å².